The minimum atomic E-state index is -0.438. The summed E-state index contributed by atoms with van der Waals surface area (Å²) in [5.41, 5.74) is 0.558. The first kappa shape index (κ1) is 15.3. The molecule has 0 saturated carbocycles. The van der Waals surface area contributed by atoms with Gasteiger partial charge in [-0.25, -0.2) is 4.98 Å². The van der Waals surface area contributed by atoms with E-state index in [9.17, 15) is 10.1 Å². The van der Waals surface area contributed by atoms with Crippen LogP contribution in [0.1, 0.15) is 29.7 Å². The lowest BCUT2D eigenvalue weighted by atomic mass is 10.2. The molecule has 0 spiro atoms. The Labute approximate surface area is 132 Å². The van der Waals surface area contributed by atoms with Crippen LogP contribution < -0.4 is 4.90 Å². The van der Waals surface area contributed by atoms with E-state index in [1.807, 2.05) is 4.90 Å². The SMILES string of the molecule is COC1CC(c2nc(C)no2)N(c2cc(C)c([N+](=O)[O-])cn2)C1. The second-order valence-electron chi connectivity index (χ2n) is 5.53. The number of anilines is 1. The molecule has 0 radical (unpaired) electrons. The average molecular weight is 319 g/mol. The van der Waals surface area contributed by atoms with Gasteiger partial charge in [-0.05, 0) is 19.9 Å². The number of ether oxygens (including phenoxy) is 1. The summed E-state index contributed by atoms with van der Waals surface area (Å²) in [5.74, 6) is 1.70. The van der Waals surface area contributed by atoms with Gasteiger partial charge in [-0.3, -0.25) is 10.1 Å². The van der Waals surface area contributed by atoms with Crippen molar-refractivity contribution < 1.29 is 14.2 Å². The Kier molecular flexibility index (Phi) is 3.95. The second-order valence-corrected chi connectivity index (χ2v) is 5.53. The smallest absolute Gasteiger partial charge is 0.290 e. The molecule has 9 heteroatoms. The molecule has 0 amide bonds. The van der Waals surface area contributed by atoms with Gasteiger partial charge in [0.1, 0.15) is 18.1 Å². The first-order valence-corrected chi connectivity index (χ1v) is 7.20. The third kappa shape index (κ3) is 2.87. The molecule has 1 saturated heterocycles. The van der Waals surface area contributed by atoms with Crippen LogP contribution in [0.3, 0.4) is 0 Å². The maximum absolute atomic E-state index is 10.9. The molecular formula is C14H17N5O4. The Morgan fingerprint density at radius 3 is 2.83 bits per heavy atom. The lowest BCUT2D eigenvalue weighted by Gasteiger charge is -2.22. The Bertz CT molecular complexity index is 732. The molecule has 2 unspecified atom stereocenters. The first-order valence-electron chi connectivity index (χ1n) is 7.20. The quantitative estimate of drug-likeness (QED) is 0.621. The van der Waals surface area contributed by atoms with E-state index >= 15 is 0 Å². The number of aromatic nitrogens is 3. The van der Waals surface area contributed by atoms with Crippen LogP contribution in [-0.4, -0.2) is 39.8 Å². The second kappa shape index (κ2) is 5.92. The fourth-order valence-corrected chi connectivity index (χ4v) is 2.79. The van der Waals surface area contributed by atoms with Gasteiger partial charge in [0.2, 0.25) is 5.89 Å². The van der Waals surface area contributed by atoms with Gasteiger partial charge in [0.05, 0.1) is 11.0 Å². The molecule has 0 aliphatic carbocycles. The highest BCUT2D eigenvalue weighted by molar-refractivity contribution is 5.50. The van der Waals surface area contributed by atoms with E-state index in [1.165, 1.54) is 6.20 Å². The summed E-state index contributed by atoms with van der Waals surface area (Å²) in [5, 5.41) is 14.8. The largest absolute Gasteiger partial charge is 0.380 e. The van der Waals surface area contributed by atoms with E-state index in [-0.39, 0.29) is 17.8 Å². The van der Waals surface area contributed by atoms with Crippen molar-refractivity contribution in [2.24, 2.45) is 0 Å². The molecule has 0 bridgehead atoms. The summed E-state index contributed by atoms with van der Waals surface area (Å²) < 4.78 is 10.7. The zero-order valence-corrected chi connectivity index (χ0v) is 13.1. The van der Waals surface area contributed by atoms with Crippen molar-refractivity contribution in [3.8, 4) is 0 Å². The molecule has 0 aromatic carbocycles. The van der Waals surface area contributed by atoms with Crippen LogP contribution in [-0.2, 0) is 4.74 Å². The number of nitrogens with zero attached hydrogens (tertiary/aromatic N) is 5. The van der Waals surface area contributed by atoms with Crippen molar-refractivity contribution in [1.82, 2.24) is 15.1 Å². The van der Waals surface area contributed by atoms with Crippen molar-refractivity contribution in [2.75, 3.05) is 18.6 Å². The van der Waals surface area contributed by atoms with Crippen LogP contribution in [0.15, 0.2) is 16.8 Å². The van der Waals surface area contributed by atoms with Crippen molar-refractivity contribution in [3.05, 3.63) is 39.7 Å². The lowest BCUT2D eigenvalue weighted by Crippen LogP contribution is -2.26. The van der Waals surface area contributed by atoms with Crippen molar-refractivity contribution >= 4 is 11.5 Å². The summed E-state index contributed by atoms with van der Waals surface area (Å²) in [4.78, 5) is 21.0. The van der Waals surface area contributed by atoms with Gasteiger partial charge in [0, 0.05) is 25.6 Å². The molecule has 0 N–H and O–H groups in total. The summed E-state index contributed by atoms with van der Waals surface area (Å²) in [6.45, 7) is 4.06. The lowest BCUT2D eigenvalue weighted by molar-refractivity contribution is -0.385. The van der Waals surface area contributed by atoms with Gasteiger partial charge in [-0.1, -0.05) is 5.16 Å². The molecule has 2 aromatic rings. The monoisotopic (exact) mass is 319 g/mol. The highest BCUT2D eigenvalue weighted by atomic mass is 16.6. The third-order valence-electron chi connectivity index (χ3n) is 3.98. The fourth-order valence-electron chi connectivity index (χ4n) is 2.79. The molecule has 2 atom stereocenters. The Morgan fingerprint density at radius 2 is 2.26 bits per heavy atom. The number of nitro groups is 1. The van der Waals surface area contributed by atoms with E-state index in [1.54, 1.807) is 27.0 Å². The van der Waals surface area contributed by atoms with Gasteiger partial charge >= 0.3 is 0 Å². The van der Waals surface area contributed by atoms with Crippen molar-refractivity contribution in [3.63, 3.8) is 0 Å². The molecule has 1 fully saturated rings. The number of pyridine rings is 1. The fraction of sp³-hybridized carbons (Fsp3) is 0.500. The van der Waals surface area contributed by atoms with Gasteiger partial charge in [0.25, 0.3) is 5.69 Å². The van der Waals surface area contributed by atoms with E-state index in [0.29, 0.717) is 36.1 Å². The molecule has 3 rings (SSSR count). The van der Waals surface area contributed by atoms with Gasteiger partial charge < -0.3 is 14.2 Å². The highest BCUT2D eigenvalue weighted by Crippen LogP contribution is 2.36. The standard InChI is InChI=1S/C14H17N5O4/c1-8-4-13(15-6-12(8)19(20)21)18-7-10(22-3)5-11(18)14-16-9(2)17-23-14/h4,6,10-11H,5,7H2,1-3H3. The molecule has 23 heavy (non-hydrogen) atoms. The van der Waals surface area contributed by atoms with E-state index < -0.39 is 4.92 Å². The average Bonchev–Trinajstić information content (AvgIpc) is 3.12. The predicted octanol–water partition coefficient (Wildman–Crippen LogP) is 1.96. The topological polar surface area (TPSA) is 107 Å². The van der Waals surface area contributed by atoms with Gasteiger partial charge in [-0.2, -0.15) is 4.98 Å². The zero-order chi connectivity index (χ0) is 16.6. The van der Waals surface area contributed by atoms with Crippen molar-refractivity contribution in [2.45, 2.75) is 32.4 Å². The third-order valence-corrected chi connectivity index (χ3v) is 3.98. The molecule has 1 aliphatic heterocycles. The van der Waals surface area contributed by atoms with Gasteiger partial charge in [0.15, 0.2) is 5.82 Å². The minimum absolute atomic E-state index is 0.00132. The highest BCUT2D eigenvalue weighted by Gasteiger charge is 2.38. The van der Waals surface area contributed by atoms with E-state index in [4.69, 9.17) is 9.26 Å². The Balaban J connectivity index is 1.95. The van der Waals surface area contributed by atoms with Gasteiger partial charge in [-0.15, -0.1) is 0 Å². The van der Waals surface area contributed by atoms with Crippen molar-refractivity contribution in [1.29, 1.82) is 0 Å². The molecule has 9 nitrogen and oxygen atoms in total. The van der Waals surface area contributed by atoms with E-state index in [2.05, 4.69) is 15.1 Å². The Hall–Kier alpha value is -2.55. The summed E-state index contributed by atoms with van der Waals surface area (Å²) in [6, 6.07) is 1.54. The zero-order valence-electron chi connectivity index (χ0n) is 13.1. The van der Waals surface area contributed by atoms with Crippen LogP contribution in [0.25, 0.3) is 0 Å². The molecular weight excluding hydrogens is 302 g/mol. The van der Waals surface area contributed by atoms with Crippen LogP contribution in [0, 0.1) is 24.0 Å². The number of hydrogen-bond acceptors (Lipinski definition) is 8. The predicted molar refractivity (Wildman–Crippen MR) is 80.2 cm³/mol. The normalized spacial score (nSPS) is 20.9. The first-order chi connectivity index (χ1) is 11.0. The van der Waals surface area contributed by atoms with Crippen LogP contribution >= 0.6 is 0 Å². The molecule has 2 aromatic heterocycles. The van der Waals surface area contributed by atoms with Crippen LogP contribution in [0.2, 0.25) is 0 Å². The Morgan fingerprint density at radius 1 is 1.48 bits per heavy atom. The summed E-state index contributed by atoms with van der Waals surface area (Å²) >= 11 is 0. The van der Waals surface area contributed by atoms with E-state index in [0.717, 1.165) is 0 Å². The molecule has 122 valence electrons. The van der Waals surface area contributed by atoms with Crippen LogP contribution in [0.4, 0.5) is 11.5 Å². The number of rotatable bonds is 4. The molecule has 1 aliphatic rings. The number of hydrogen-bond donors (Lipinski definition) is 0. The minimum Gasteiger partial charge on any atom is -0.380 e. The maximum Gasteiger partial charge on any atom is 0.290 e. The maximum atomic E-state index is 10.9. The number of aryl methyl sites for hydroxylation is 2. The summed E-state index contributed by atoms with van der Waals surface area (Å²) in [6.07, 6.45) is 1.97. The summed E-state index contributed by atoms with van der Waals surface area (Å²) in [7, 11) is 1.65. The molecule has 3 heterocycles. The number of methoxy groups -OCH3 is 1. The van der Waals surface area contributed by atoms with Crippen LogP contribution in [0.5, 0.6) is 0 Å².